The Balaban J connectivity index is 1.21. The minimum Gasteiger partial charge on any atom is -0.493 e. The van der Waals surface area contributed by atoms with Gasteiger partial charge in [0.1, 0.15) is 24.7 Å². The minimum atomic E-state index is -1.07. The number of fused-ring (bicyclic) bond motifs is 10. The van der Waals surface area contributed by atoms with E-state index in [1.165, 1.54) is 0 Å². The van der Waals surface area contributed by atoms with Gasteiger partial charge in [-0.15, -0.1) is 0 Å². The summed E-state index contributed by atoms with van der Waals surface area (Å²) in [5, 5.41) is 9.75. The van der Waals surface area contributed by atoms with Crippen LogP contribution in [0, 0.1) is 17.8 Å². The Labute approximate surface area is 325 Å². The highest BCUT2D eigenvalue weighted by molar-refractivity contribution is 5.95. The smallest absolute Gasteiger partial charge is 0.330 e. The maximum Gasteiger partial charge on any atom is 0.330 e. The molecule has 10 heteroatoms. The van der Waals surface area contributed by atoms with Gasteiger partial charge < -0.3 is 28.8 Å². The normalized spacial score (nSPS) is 19.4. The van der Waals surface area contributed by atoms with Crippen molar-refractivity contribution in [2.75, 3.05) is 26.4 Å². The van der Waals surface area contributed by atoms with Crippen molar-refractivity contribution in [3.05, 3.63) is 132 Å². The van der Waals surface area contributed by atoms with Crippen LogP contribution >= 0.6 is 0 Å². The van der Waals surface area contributed by atoms with Gasteiger partial charge in [0.25, 0.3) is 0 Å². The van der Waals surface area contributed by atoms with Crippen LogP contribution in [0.3, 0.4) is 0 Å². The molecule has 0 aromatic heterocycles. The fourth-order valence-electron chi connectivity index (χ4n) is 8.04. The summed E-state index contributed by atoms with van der Waals surface area (Å²) in [6.45, 7) is 7.25. The Morgan fingerprint density at radius 2 is 1.29 bits per heavy atom. The summed E-state index contributed by atoms with van der Waals surface area (Å²) in [7, 11) is 0. The van der Waals surface area contributed by atoms with Crippen molar-refractivity contribution in [2.24, 2.45) is 17.8 Å². The zero-order valence-corrected chi connectivity index (χ0v) is 31.4. The third-order valence-electron chi connectivity index (χ3n) is 10.7. The average Bonchev–Trinajstić information content (AvgIpc) is 3.69. The van der Waals surface area contributed by atoms with E-state index in [9.17, 15) is 24.3 Å². The van der Waals surface area contributed by atoms with E-state index >= 15 is 0 Å². The number of esters is 3. The molecule has 1 N–H and O–H groups in total. The molecule has 5 unspecified atom stereocenters. The van der Waals surface area contributed by atoms with Crippen LogP contribution in [0.1, 0.15) is 55.4 Å². The number of carboxylic acids is 1. The monoisotopic (exact) mass is 756 g/mol. The number of benzene rings is 4. The van der Waals surface area contributed by atoms with E-state index in [0.29, 0.717) is 18.1 Å². The molecule has 0 saturated carbocycles. The lowest BCUT2D eigenvalue weighted by molar-refractivity contribution is -0.168. The average molecular weight is 757 g/mol. The number of carbonyl (C=O) groups is 4. The van der Waals surface area contributed by atoms with Crippen molar-refractivity contribution in [2.45, 2.75) is 44.6 Å². The van der Waals surface area contributed by atoms with Gasteiger partial charge in [-0.05, 0) is 81.6 Å². The summed E-state index contributed by atoms with van der Waals surface area (Å²) in [4.78, 5) is 49.1. The largest absolute Gasteiger partial charge is 0.493 e. The van der Waals surface area contributed by atoms with E-state index in [2.05, 4.69) is 43.0 Å². The van der Waals surface area contributed by atoms with Gasteiger partial charge in [-0.3, -0.25) is 14.4 Å². The van der Waals surface area contributed by atoms with E-state index in [1.807, 2.05) is 55.5 Å². The molecule has 0 bridgehead atoms. The predicted octanol–water partition coefficient (Wildman–Crippen LogP) is 7.69. The first-order valence-corrected chi connectivity index (χ1v) is 18.9. The Bertz CT molecular complexity index is 2190. The van der Waals surface area contributed by atoms with E-state index in [-0.39, 0.29) is 45.0 Å². The third-order valence-corrected chi connectivity index (χ3v) is 10.7. The third kappa shape index (κ3) is 7.19. The number of ether oxygens (including phenoxy) is 5. The van der Waals surface area contributed by atoms with Gasteiger partial charge in [0.05, 0.1) is 30.5 Å². The first-order chi connectivity index (χ1) is 27.1. The first kappa shape index (κ1) is 38.1. The zero-order valence-electron chi connectivity index (χ0n) is 31.4. The molecule has 10 nitrogen and oxygen atoms in total. The molecule has 3 aliphatic rings. The summed E-state index contributed by atoms with van der Waals surface area (Å²) in [6, 6.07) is 28.8. The Morgan fingerprint density at radius 1 is 0.732 bits per heavy atom. The highest BCUT2D eigenvalue weighted by Crippen LogP contribution is 2.63. The van der Waals surface area contributed by atoms with Crippen molar-refractivity contribution in [1.29, 1.82) is 0 Å². The molecule has 7 rings (SSSR count). The molecular weight excluding hydrogens is 712 g/mol. The number of allylic oxidation sites excluding steroid dienone is 2. The number of rotatable bonds is 15. The van der Waals surface area contributed by atoms with Crippen molar-refractivity contribution in [3.63, 3.8) is 0 Å². The van der Waals surface area contributed by atoms with Crippen LogP contribution < -0.4 is 9.47 Å². The molecule has 4 aromatic rings. The first-order valence-electron chi connectivity index (χ1n) is 18.9. The van der Waals surface area contributed by atoms with Crippen molar-refractivity contribution >= 4 is 23.9 Å². The molecule has 56 heavy (non-hydrogen) atoms. The molecule has 0 aliphatic heterocycles. The summed E-state index contributed by atoms with van der Waals surface area (Å²) >= 11 is 0. The maximum atomic E-state index is 13.4. The summed E-state index contributed by atoms with van der Waals surface area (Å²) in [6.07, 6.45) is 4.32. The number of carbonyl (C=O) groups excluding carboxylic acids is 3. The van der Waals surface area contributed by atoms with Crippen LogP contribution in [0.5, 0.6) is 11.5 Å². The van der Waals surface area contributed by atoms with Gasteiger partial charge >= 0.3 is 23.9 Å². The number of aliphatic carboxylic acids is 1. The highest BCUT2D eigenvalue weighted by Gasteiger charge is 2.52. The van der Waals surface area contributed by atoms with Gasteiger partial charge in [0.15, 0.2) is 6.10 Å². The molecule has 288 valence electrons. The molecule has 0 heterocycles. The highest BCUT2D eigenvalue weighted by atomic mass is 16.6. The van der Waals surface area contributed by atoms with Gasteiger partial charge in [-0.1, -0.05) is 93.2 Å². The lowest BCUT2D eigenvalue weighted by atomic mass is 9.70. The number of carboxylic acid groups (broad SMARTS) is 1. The Hall–Kier alpha value is -6.16. The van der Waals surface area contributed by atoms with E-state index in [0.717, 1.165) is 50.6 Å². The van der Waals surface area contributed by atoms with Crippen molar-refractivity contribution in [1.82, 2.24) is 0 Å². The fraction of sp³-hybridized carbons (Fsp3) is 0.304. The van der Waals surface area contributed by atoms with Crippen LogP contribution in [0.4, 0.5) is 0 Å². The van der Waals surface area contributed by atoms with Crippen molar-refractivity contribution in [3.8, 4) is 33.8 Å². The maximum absolute atomic E-state index is 13.4. The van der Waals surface area contributed by atoms with E-state index < -0.39 is 47.2 Å². The summed E-state index contributed by atoms with van der Waals surface area (Å²) in [5.74, 6) is -3.30. The van der Waals surface area contributed by atoms with Crippen LogP contribution in [0.2, 0.25) is 0 Å². The van der Waals surface area contributed by atoms with Gasteiger partial charge in [-0.2, -0.15) is 0 Å². The van der Waals surface area contributed by atoms with Crippen molar-refractivity contribution < 1.29 is 48.0 Å². The quantitative estimate of drug-likeness (QED) is 0.0481. The van der Waals surface area contributed by atoms with Gasteiger partial charge in [0, 0.05) is 18.4 Å². The molecule has 0 fully saturated rings. The number of hydrogen-bond donors (Lipinski definition) is 1. The summed E-state index contributed by atoms with van der Waals surface area (Å²) in [5.41, 5.74) is 7.90. The van der Waals surface area contributed by atoms with E-state index in [1.54, 1.807) is 19.1 Å². The second kappa shape index (κ2) is 16.3. The van der Waals surface area contributed by atoms with Crippen LogP contribution in [-0.2, 0) is 38.8 Å². The molecule has 4 aromatic carbocycles. The lowest BCUT2D eigenvalue weighted by Gasteiger charge is -2.31. The molecule has 0 radical (unpaired) electrons. The predicted molar refractivity (Wildman–Crippen MR) is 208 cm³/mol. The van der Waals surface area contributed by atoms with E-state index in [4.69, 9.17) is 23.7 Å². The molecule has 0 amide bonds. The topological polar surface area (TPSA) is 135 Å². The minimum absolute atomic E-state index is 0.0577. The Morgan fingerprint density at radius 3 is 1.86 bits per heavy atom. The summed E-state index contributed by atoms with van der Waals surface area (Å²) < 4.78 is 29.1. The van der Waals surface area contributed by atoms with Crippen LogP contribution in [-0.4, -0.2) is 61.5 Å². The van der Waals surface area contributed by atoms with Crippen LogP contribution in [0.15, 0.2) is 110 Å². The second-order valence-corrected chi connectivity index (χ2v) is 14.4. The molecular formula is C46H44O10. The molecule has 3 aliphatic carbocycles. The standard InChI is InChI=1S/C46H44O10/c1-4-42(47)54-25-28(3)24-52-29-18-20-34-32-12-8-10-16-38(32)46(40(34)22-29)39-17-11-9-13-33(39)35-21-19-30(23-41(35)46)53-26-31(27-55-43(48)5-2)56-45(51)37-15-7-6-14-36(37)44(49)50/h4,6-13,16-23,28,31,36-37H,1,5,14-15,24-27H2,2-3H3,(H,49,50). The molecule has 0 saturated heterocycles. The second-order valence-electron chi connectivity index (χ2n) is 14.4. The van der Waals surface area contributed by atoms with Gasteiger partial charge in [0.2, 0.25) is 0 Å². The number of hydrogen-bond acceptors (Lipinski definition) is 9. The van der Waals surface area contributed by atoms with Crippen LogP contribution in [0.25, 0.3) is 22.3 Å². The Kier molecular flexibility index (Phi) is 11.1. The molecule has 1 spiro atoms. The molecule has 5 atom stereocenters. The lowest BCUT2D eigenvalue weighted by Crippen LogP contribution is -2.37. The zero-order chi connectivity index (χ0) is 39.4. The van der Waals surface area contributed by atoms with Gasteiger partial charge in [-0.25, -0.2) is 4.79 Å². The SMILES string of the molecule is C=CC(=O)OCC(C)COc1ccc2c(c1)C1(c3ccccc3-2)c2ccccc2-c2ccc(OCC(COC(=O)CC)OC(=O)C3CC=CCC3C(=O)O)cc21. The fourth-order valence-corrected chi connectivity index (χ4v) is 8.04.